The summed E-state index contributed by atoms with van der Waals surface area (Å²) in [6.45, 7) is 3.32. The van der Waals surface area contributed by atoms with E-state index in [0.717, 1.165) is 29.4 Å². The molecule has 3 rings (SSSR count). The molecule has 1 fully saturated rings. The Kier molecular flexibility index (Phi) is 5.72. The predicted octanol–water partition coefficient (Wildman–Crippen LogP) is 2.64. The maximum atomic E-state index is 12.0. The van der Waals surface area contributed by atoms with Crippen LogP contribution in [-0.2, 0) is 11.3 Å². The average Bonchev–Trinajstić information content (AvgIpc) is 3.12. The highest BCUT2D eigenvalue weighted by atomic mass is 35.5. The molecule has 1 amide bonds. The van der Waals surface area contributed by atoms with Gasteiger partial charge in [0, 0.05) is 35.1 Å². The summed E-state index contributed by atoms with van der Waals surface area (Å²) < 4.78 is 0. The Bertz CT molecular complexity index is 681. The van der Waals surface area contributed by atoms with Gasteiger partial charge in [0.15, 0.2) is 6.54 Å². The summed E-state index contributed by atoms with van der Waals surface area (Å²) in [7, 11) is 0. The molecule has 1 saturated heterocycles. The smallest absolute Gasteiger partial charge is 0.279 e. The summed E-state index contributed by atoms with van der Waals surface area (Å²) in [4.78, 5) is 14.4. The molecule has 0 aromatic heterocycles. The topological polar surface area (TPSA) is 49.0 Å². The van der Waals surface area contributed by atoms with Crippen LogP contribution in [0.15, 0.2) is 48.5 Å². The highest BCUT2D eigenvalue weighted by Gasteiger charge is 2.12. The molecule has 4 nitrogen and oxygen atoms in total. The van der Waals surface area contributed by atoms with Crippen LogP contribution in [0.1, 0.15) is 18.4 Å². The fraction of sp³-hybridized carbons (Fsp3) is 0.316. The SMILES string of the molecule is O=C(C[NH2+]Cc1ccccc1Cl)Nc1ccc(N2CCCC2)cc1. The summed E-state index contributed by atoms with van der Waals surface area (Å²) in [5, 5.41) is 5.63. The molecule has 2 aromatic rings. The van der Waals surface area contributed by atoms with E-state index in [4.69, 9.17) is 11.6 Å². The number of hydrogen-bond donors (Lipinski definition) is 2. The third-order valence-corrected chi connectivity index (χ3v) is 4.64. The molecule has 3 N–H and O–H groups in total. The van der Waals surface area contributed by atoms with Crippen molar-refractivity contribution in [1.29, 1.82) is 0 Å². The van der Waals surface area contributed by atoms with Crippen molar-refractivity contribution in [3.05, 3.63) is 59.1 Å². The third kappa shape index (κ3) is 4.49. The first kappa shape index (κ1) is 16.8. The van der Waals surface area contributed by atoms with Gasteiger partial charge in [-0.1, -0.05) is 29.8 Å². The second-order valence-electron chi connectivity index (χ2n) is 6.08. The summed E-state index contributed by atoms with van der Waals surface area (Å²) in [5.74, 6) is -0.00373. The lowest BCUT2D eigenvalue weighted by Gasteiger charge is -2.17. The predicted molar refractivity (Wildman–Crippen MR) is 98.5 cm³/mol. The summed E-state index contributed by atoms with van der Waals surface area (Å²) in [6.07, 6.45) is 2.53. The molecule has 126 valence electrons. The highest BCUT2D eigenvalue weighted by molar-refractivity contribution is 6.31. The maximum Gasteiger partial charge on any atom is 0.279 e. The quantitative estimate of drug-likeness (QED) is 0.846. The lowest BCUT2D eigenvalue weighted by molar-refractivity contribution is -0.659. The van der Waals surface area contributed by atoms with Crippen molar-refractivity contribution in [2.75, 3.05) is 29.9 Å². The number of hydrogen-bond acceptors (Lipinski definition) is 2. The van der Waals surface area contributed by atoms with E-state index in [0.29, 0.717) is 13.1 Å². The first-order valence-corrected chi connectivity index (χ1v) is 8.80. The second-order valence-corrected chi connectivity index (χ2v) is 6.48. The summed E-state index contributed by atoms with van der Waals surface area (Å²) >= 11 is 6.11. The first-order valence-electron chi connectivity index (χ1n) is 8.42. The number of benzene rings is 2. The molecular weight excluding hydrogens is 322 g/mol. The molecular formula is C19H23ClN3O+. The fourth-order valence-corrected chi connectivity index (χ4v) is 3.18. The number of carbonyl (C=O) groups excluding carboxylic acids is 1. The van der Waals surface area contributed by atoms with Gasteiger partial charge in [-0.25, -0.2) is 0 Å². The van der Waals surface area contributed by atoms with Gasteiger partial charge in [-0.05, 0) is 43.2 Å². The zero-order valence-corrected chi connectivity index (χ0v) is 14.4. The van der Waals surface area contributed by atoms with E-state index in [1.807, 2.05) is 41.7 Å². The van der Waals surface area contributed by atoms with Crippen LogP contribution >= 0.6 is 11.6 Å². The van der Waals surface area contributed by atoms with Crippen molar-refractivity contribution in [2.24, 2.45) is 0 Å². The standard InChI is InChI=1S/C19H22ClN3O/c20-18-6-2-1-5-15(18)13-21-14-19(24)22-16-7-9-17(10-8-16)23-11-3-4-12-23/h1-2,5-10,21H,3-4,11-14H2,(H,22,24)/p+1. The van der Waals surface area contributed by atoms with Gasteiger partial charge in [-0.2, -0.15) is 0 Å². The molecule has 0 radical (unpaired) electrons. The molecule has 0 bridgehead atoms. The molecule has 0 saturated carbocycles. The minimum atomic E-state index is -0.00373. The van der Waals surface area contributed by atoms with Gasteiger partial charge in [0.25, 0.3) is 5.91 Å². The number of anilines is 2. The van der Waals surface area contributed by atoms with E-state index in [2.05, 4.69) is 22.3 Å². The number of carbonyl (C=O) groups is 1. The number of nitrogens with zero attached hydrogens (tertiary/aromatic N) is 1. The van der Waals surface area contributed by atoms with Crippen LogP contribution in [-0.4, -0.2) is 25.5 Å². The first-order chi connectivity index (χ1) is 11.7. The van der Waals surface area contributed by atoms with Gasteiger partial charge < -0.3 is 15.5 Å². The lowest BCUT2D eigenvalue weighted by atomic mass is 10.2. The number of rotatable bonds is 6. The molecule has 0 aliphatic carbocycles. The minimum Gasteiger partial charge on any atom is -0.372 e. The summed E-state index contributed by atoms with van der Waals surface area (Å²) in [5.41, 5.74) is 3.12. The van der Waals surface area contributed by atoms with Crippen molar-refractivity contribution < 1.29 is 10.1 Å². The van der Waals surface area contributed by atoms with Gasteiger partial charge in [0.1, 0.15) is 6.54 Å². The van der Waals surface area contributed by atoms with Crippen LogP contribution in [0.3, 0.4) is 0 Å². The Hall–Kier alpha value is -2.04. The van der Waals surface area contributed by atoms with Gasteiger partial charge in [0.2, 0.25) is 0 Å². The molecule has 1 heterocycles. The molecule has 0 spiro atoms. The molecule has 1 aliphatic rings. The van der Waals surface area contributed by atoms with Crippen LogP contribution in [0.4, 0.5) is 11.4 Å². The Balaban J connectivity index is 1.45. The number of nitrogens with one attached hydrogen (secondary N) is 1. The fourth-order valence-electron chi connectivity index (χ4n) is 2.97. The third-order valence-electron chi connectivity index (χ3n) is 4.27. The van der Waals surface area contributed by atoms with Gasteiger partial charge >= 0.3 is 0 Å². The normalized spacial score (nSPS) is 14.0. The van der Waals surface area contributed by atoms with E-state index >= 15 is 0 Å². The molecule has 0 unspecified atom stereocenters. The Labute approximate surface area is 147 Å². The van der Waals surface area contributed by atoms with Crippen molar-refractivity contribution in [3.63, 3.8) is 0 Å². The molecule has 0 atom stereocenters. The minimum absolute atomic E-state index is 0.00373. The molecule has 2 aromatic carbocycles. The van der Waals surface area contributed by atoms with E-state index < -0.39 is 0 Å². The number of nitrogens with two attached hydrogens (primary N) is 1. The average molecular weight is 345 g/mol. The van der Waals surface area contributed by atoms with Gasteiger partial charge in [-0.3, -0.25) is 4.79 Å². The van der Waals surface area contributed by atoms with Crippen LogP contribution in [0.5, 0.6) is 0 Å². The number of quaternary nitrogens is 1. The van der Waals surface area contributed by atoms with Crippen LogP contribution in [0.25, 0.3) is 0 Å². The highest BCUT2D eigenvalue weighted by Crippen LogP contribution is 2.21. The van der Waals surface area contributed by atoms with Gasteiger partial charge in [-0.15, -0.1) is 0 Å². The largest absolute Gasteiger partial charge is 0.372 e. The zero-order valence-electron chi connectivity index (χ0n) is 13.7. The number of halogens is 1. The van der Waals surface area contributed by atoms with E-state index in [1.54, 1.807) is 0 Å². The Morgan fingerprint density at radius 3 is 2.50 bits per heavy atom. The lowest BCUT2D eigenvalue weighted by Crippen LogP contribution is -2.84. The number of amides is 1. The molecule has 1 aliphatic heterocycles. The van der Waals surface area contributed by atoms with E-state index in [-0.39, 0.29) is 5.91 Å². The van der Waals surface area contributed by atoms with E-state index in [1.165, 1.54) is 18.5 Å². The van der Waals surface area contributed by atoms with Crippen LogP contribution < -0.4 is 15.5 Å². The van der Waals surface area contributed by atoms with Crippen LogP contribution in [0, 0.1) is 0 Å². The second kappa shape index (κ2) is 8.18. The summed E-state index contributed by atoms with van der Waals surface area (Å²) in [6, 6.07) is 15.8. The Morgan fingerprint density at radius 1 is 1.08 bits per heavy atom. The van der Waals surface area contributed by atoms with Crippen molar-refractivity contribution in [1.82, 2.24) is 0 Å². The van der Waals surface area contributed by atoms with Gasteiger partial charge in [0.05, 0.1) is 0 Å². The van der Waals surface area contributed by atoms with Crippen molar-refractivity contribution in [2.45, 2.75) is 19.4 Å². The monoisotopic (exact) mass is 344 g/mol. The molecule has 24 heavy (non-hydrogen) atoms. The van der Waals surface area contributed by atoms with Crippen molar-refractivity contribution in [3.8, 4) is 0 Å². The van der Waals surface area contributed by atoms with Crippen LogP contribution in [0.2, 0.25) is 5.02 Å². The van der Waals surface area contributed by atoms with E-state index in [9.17, 15) is 4.79 Å². The molecule has 5 heteroatoms. The maximum absolute atomic E-state index is 12.0. The van der Waals surface area contributed by atoms with Crippen molar-refractivity contribution >= 4 is 28.9 Å². The zero-order chi connectivity index (χ0) is 16.8. The Morgan fingerprint density at radius 2 is 1.79 bits per heavy atom.